The van der Waals surface area contributed by atoms with Crippen LogP contribution >= 0.6 is 0 Å². The standard InChI is InChI=1S/C20H14N2O/c21-14-16-10-4-7-13-19(16)22-20(23)18-12-6-5-11-17(18)15-8-2-1-3-9-15/h1-13H,(H,22,23). The Morgan fingerprint density at radius 1 is 0.826 bits per heavy atom. The summed E-state index contributed by atoms with van der Waals surface area (Å²) in [5.41, 5.74) is 3.37. The highest BCUT2D eigenvalue weighted by molar-refractivity contribution is 6.09. The van der Waals surface area contributed by atoms with E-state index >= 15 is 0 Å². The summed E-state index contributed by atoms with van der Waals surface area (Å²) < 4.78 is 0. The van der Waals surface area contributed by atoms with Gasteiger partial charge in [-0.25, -0.2) is 0 Å². The maximum absolute atomic E-state index is 12.7. The molecule has 0 heterocycles. The summed E-state index contributed by atoms with van der Waals surface area (Å²) in [5.74, 6) is -0.229. The number of carbonyl (C=O) groups excluding carboxylic acids is 1. The molecule has 1 amide bonds. The number of anilines is 1. The Hall–Kier alpha value is -3.38. The molecule has 0 unspecified atom stereocenters. The van der Waals surface area contributed by atoms with E-state index in [0.29, 0.717) is 16.8 Å². The van der Waals surface area contributed by atoms with Crippen LogP contribution < -0.4 is 5.32 Å². The minimum absolute atomic E-state index is 0.229. The van der Waals surface area contributed by atoms with Crippen molar-refractivity contribution in [2.45, 2.75) is 0 Å². The number of carbonyl (C=O) groups is 1. The molecule has 3 aromatic carbocycles. The quantitative estimate of drug-likeness (QED) is 0.775. The summed E-state index contributed by atoms with van der Waals surface area (Å²) in [6.07, 6.45) is 0. The molecule has 110 valence electrons. The number of para-hydroxylation sites is 1. The van der Waals surface area contributed by atoms with Crippen molar-refractivity contribution in [2.24, 2.45) is 0 Å². The van der Waals surface area contributed by atoms with Gasteiger partial charge in [-0.1, -0.05) is 60.7 Å². The lowest BCUT2D eigenvalue weighted by molar-refractivity contribution is 0.102. The van der Waals surface area contributed by atoms with Crippen LogP contribution in [-0.4, -0.2) is 5.91 Å². The van der Waals surface area contributed by atoms with Gasteiger partial charge in [0.15, 0.2) is 0 Å². The van der Waals surface area contributed by atoms with Gasteiger partial charge in [0.1, 0.15) is 6.07 Å². The van der Waals surface area contributed by atoms with Crippen molar-refractivity contribution < 1.29 is 4.79 Å². The third kappa shape index (κ3) is 3.12. The van der Waals surface area contributed by atoms with Crippen LogP contribution in [0.25, 0.3) is 11.1 Å². The average Bonchev–Trinajstić information content (AvgIpc) is 2.63. The fourth-order valence-corrected chi connectivity index (χ4v) is 2.43. The normalized spacial score (nSPS) is 9.87. The van der Waals surface area contributed by atoms with Crippen molar-refractivity contribution in [1.82, 2.24) is 0 Å². The lowest BCUT2D eigenvalue weighted by Gasteiger charge is -2.11. The number of amides is 1. The number of nitriles is 1. The van der Waals surface area contributed by atoms with Crippen LogP contribution in [-0.2, 0) is 0 Å². The molecule has 3 aromatic rings. The molecule has 0 radical (unpaired) electrons. The van der Waals surface area contributed by atoms with Gasteiger partial charge in [-0.15, -0.1) is 0 Å². The number of nitrogens with one attached hydrogen (secondary N) is 1. The second kappa shape index (κ2) is 6.59. The molecule has 3 heteroatoms. The first-order valence-electron chi connectivity index (χ1n) is 7.24. The fraction of sp³-hybridized carbons (Fsp3) is 0. The Morgan fingerprint density at radius 2 is 1.48 bits per heavy atom. The van der Waals surface area contributed by atoms with Crippen molar-refractivity contribution in [3.63, 3.8) is 0 Å². The van der Waals surface area contributed by atoms with E-state index in [1.807, 2.05) is 48.5 Å². The minimum Gasteiger partial charge on any atom is -0.321 e. The highest BCUT2D eigenvalue weighted by Gasteiger charge is 2.13. The first-order chi connectivity index (χ1) is 11.3. The molecular weight excluding hydrogens is 284 g/mol. The highest BCUT2D eigenvalue weighted by Crippen LogP contribution is 2.24. The van der Waals surface area contributed by atoms with E-state index in [-0.39, 0.29) is 5.91 Å². The van der Waals surface area contributed by atoms with Gasteiger partial charge in [0, 0.05) is 5.56 Å². The minimum atomic E-state index is -0.229. The van der Waals surface area contributed by atoms with Crippen molar-refractivity contribution in [3.05, 3.63) is 90.0 Å². The first kappa shape index (κ1) is 14.6. The Balaban J connectivity index is 1.97. The van der Waals surface area contributed by atoms with Crippen LogP contribution in [0.4, 0.5) is 5.69 Å². The second-order valence-electron chi connectivity index (χ2n) is 5.02. The highest BCUT2D eigenvalue weighted by atomic mass is 16.1. The lowest BCUT2D eigenvalue weighted by Crippen LogP contribution is -2.14. The van der Waals surface area contributed by atoms with E-state index in [4.69, 9.17) is 5.26 Å². The van der Waals surface area contributed by atoms with Crippen molar-refractivity contribution in [2.75, 3.05) is 5.32 Å². The van der Waals surface area contributed by atoms with Gasteiger partial charge < -0.3 is 5.32 Å². The van der Waals surface area contributed by atoms with E-state index < -0.39 is 0 Å². The zero-order valence-corrected chi connectivity index (χ0v) is 12.4. The van der Waals surface area contributed by atoms with E-state index in [1.165, 1.54) is 0 Å². The van der Waals surface area contributed by atoms with Crippen LogP contribution in [0.5, 0.6) is 0 Å². The zero-order valence-electron chi connectivity index (χ0n) is 12.4. The molecule has 0 aliphatic rings. The summed E-state index contributed by atoms with van der Waals surface area (Å²) in [6, 6.07) is 26.2. The maximum Gasteiger partial charge on any atom is 0.256 e. The van der Waals surface area contributed by atoms with Gasteiger partial charge in [-0.3, -0.25) is 4.79 Å². The van der Waals surface area contributed by atoms with Gasteiger partial charge in [0.25, 0.3) is 5.91 Å². The Labute approximate surface area is 134 Å². The monoisotopic (exact) mass is 298 g/mol. The maximum atomic E-state index is 12.7. The predicted octanol–water partition coefficient (Wildman–Crippen LogP) is 4.48. The predicted molar refractivity (Wildman–Crippen MR) is 91.0 cm³/mol. The molecule has 0 saturated heterocycles. The molecule has 23 heavy (non-hydrogen) atoms. The van der Waals surface area contributed by atoms with Crippen molar-refractivity contribution >= 4 is 11.6 Å². The Kier molecular flexibility index (Phi) is 4.17. The number of nitrogens with zero attached hydrogens (tertiary/aromatic N) is 1. The van der Waals surface area contributed by atoms with E-state index in [1.54, 1.807) is 30.3 Å². The Morgan fingerprint density at radius 3 is 2.26 bits per heavy atom. The van der Waals surface area contributed by atoms with Gasteiger partial charge in [0.2, 0.25) is 0 Å². The number of rotatable bonds is 3. The van der Waals surface area contributed by atoms with E-state index in [2.05, 4.69) is 11.4 Å². The van der Waals surface area contributed by atoms with Gasteiger partial charge in [-0.2, -0.15) is 5.26 Å². The van der Waals surface area contributed by atoms with Gasteiger partial charge in [-0.05, 0) is 29.3 Å². The first-order valence-corrected chi connectivity index (χ1v) is 7.24. The summed E-state index contributed by atoms with van der Waals surface area (Å²) in [6.45, 7) is 0. The molecular formula is C20H14N2O. The van der Waals surface area contributed by atoms with Crippen molar-refractivity contribution in [1.29, 1.82) is 5.26 Å². The summed E-state index contributed by atoms with van der Waals surface area (Å²) in [5, 5.41) is 12.0. The fourth-order valence-electron chi connectivity index (χ4n) is 2.43. The second-order valence-corrected chi connectivity index (χ2v) is 5.02. The SMILES string of the molecule is N#Cc1ccccc1NC(=O)c1ccccc1-c1ccccc1. The number of hydrogen-bond acceptors (Lipinski definition) is 2. The Bertz CT molecular complexity index is 879. The summed E-state index contributed by atoms with van der Waals surface area (Å²) >= 11 is 0. The van der Waals surface area contributed by atoms with Crippen LogP contribution in [0, 0.1) is 11.3 Å². The molecule has 0 spiro atoms. The average molecular weight is 298 g/mol. The largest absolute Gasteiger partial charge is 0.321 e. The molecule has 0 fully saturated rings. The third-order valence-corrected chi connectivity index (χ3v) is 3.55. The van der Waals surface area contributed by atoms with Crippen LogP contribution in [0.3, 0.4) is 0 Å². The van der Waals surface area contributed by atoms with Crippen molar-refractivity contribution in [3.8, 4) is 17.2 Å². The van der Waals surface area contributed by atoms with E-state index in [9.17, 15) is 4.79 Å². The molecule has 0 atom stereocenters. The zero-order chi connectivity index (χ0) is 16.1. The summed E-state index contributed by atoms with van der Waals surface area (Å²) in [4.78, 5) is 12.7. The molecule has 0 aliphatic carbocycles. The molecule has 1 N–H and O–H groups in total. The number of hydrogen-bond donors (Lipinski definition) is 1. The van der Waals surface area contributed by atoms with Gasteiger partial charge >= 0.3 is 0 Å². The topological polar surface area (TPSA) is 52.9 Å². The molecule has 3 rings (SSSR count). The number of benzene rings is 3. The third-order valence-electron chi connectivity index (χ3n) is 3.55. The molecule has 0 aliphatic heterocycles. The van der Waals surface area contributed by atoms with E-state index in [0.717, 1.165) is 11.1 Å². The molecule has 0 saturated carbocycles. The lowest BCUT2D eigenvalue weighted by atomic mass is 9.99. The smallest absolute Gasteiger partial charge is 0.256 e. The molecule has 0 bridgehead atoms. The van der Waals surface area contributed by atoms with Crippen LogP contribution in [0.1, 0.15) is 15.9 Å². The van der Waals surface area contributed by atoms with Crippen LogP contribution in [0.15, 0.2) is 78.9 Å². The summed E-state index contributed by atoms with van der Waals surface area (Å²) in [7, 11) is 0. The van der Waals surface area contributed by atoms with Crippen LogP contribution in [0.2, 0.25) is 0 Å². The van der Waals surface area contributed by atoms with Gasteiger partial charge in [0.05, 0.1) is 11.3 Å². The molecule has 0 aromatic heterocycles. The molecule has 3 nitrogen and oxygen atoms in total.